The van der Waals surface area contributed by atoms with Crippen LogP contribution in [0.25, 0.3) is 11.0 Å². The lowest BCUT2D eigenvalue weighted by Gasteiger charge is -2.05. The van der Waals surface area contributed by atoms with Crippen LogP contribution in [0.2, 0.25) is 5.02 Å². The van der Waals surface area contributed by atoms with E-state index in [1.165, 1.54) is 0 Å². The SMILES string of the molecule is O=C(Nc1ccc(I)cc1Cl)c1cc2ccccc2o1. The molecule has 100 valence electrons. The van der Waals surface area contributed by atoms with Gasteiger partial charge in [-0.15, -0.1) is 0 Å². The Morgan fingerprint density at radius 2 is 1.95 bits per heavy atom. The van der Waals surface area contributed by atoms with Gasteiger partial charge >= 0.3 is 0 Å². The van der Waals surface area contributed by atoms with Gasteiger partial charge < -0.3 is 9.73 Å². The first-order chi connectivity index (χ1) is 9.63. The molecule has 0 aliphatic heterocycles. The fourth-order valence-corrected chi connectivity index (χ4v) is 2.77. The molecule has 20 heavy (non-hydrogen) atoms. The van der Waals surface area contributed by atoms with Crippen LogP contribution >= 0.6 is 34.2 Å². The maximum absolute atomic E-state index is 12.2. The summed E-state index contributed by atoms with van der Waals surface area (Å²) in [6.07, 6.45) is 0. The highest BCUT2D eigenvalue weighted by Gasteiger charge is 2.13. The van der Waals surface area contributed by atoms with Crippen LogP contribution in [0, 0.1) is 3.57 Å². The van der Waals surface area contributed by atoms with Crippen LogP contribution < -0.4 is 5.32 Å². The van der Waals surface area contributed by atoms with Gasteiger partial charge in [-0.1, -0.05) is 29.8 Å². The fourth-order valence-electron chi connectivity index (χ4n) is 1.87. The zero-order valence-corrected chi connectivity index (χ0v) is 13.1. The molecule has 0 fully saturated rings. The number of hydrogen-bond acceptors (Lipinski definition) is 2. The van der Waals surface area contributed by atoms with Crippen LogP contribution in [0.3, 0.4) is 0 Å². The maximum atomic E-state index is 12.2. The molecule has 1 amide bonds. The van der Waals surface area contributed by atoms with Crippen LogP contribution in [0.15, 0.2) is 52.9 Å². The van der Waals surface area contributed by atoms with Gasteiger partial charge in [-0.2, -0.15) is 0 Å². The Morgan fingerprint density at radius 3 is 2.70 bits per heavy atom. The van der Waals surface area contributed by atoms with E-state index < -0.39 is 0 Å². The van der Waals surface area contributed by atoms with Gasteiger partial charge in [0.05, 0.1) is 10.7 Å². The topological polar surface area (TPSA) is 42.2 Å². The van der Waals surface area contributed by atoms with Crippen LogP contribution in [-0.4, -0.2) is 5.91 Å². The predicted octanol–water partition coefficient (Wildman–Crippen LogP) is 4.94. The number of carbonyl (C=O) groups is 1. The summed E-state index contributed by atoms with van der Waals surface area (Å²) in [4.78, 5) is 12.2. The molecule has 3 aromatic rings. The van der Waals surface area contributed by atoms with Crippen LogP contribution in [-0.2, 0) is 0 Å². The molecule has 5 heteroatoms. The van der Waals surface area contributed by atoms with Gasteiger partial charge in [0, 0.05) is 8.96 Å². The van der Waals surface area contributed by atoms with Crippen LogP contribution in [0.4, 0.5) is 5.69 Å². The third-order valence-corrected chi connectivity index (χ3v) is 3.81. The second kappa shape index (κ2) is 5.46. The summed E-state index contributed by atoms with van der Waals surface area (Å²) in [7, 11) is 0. The molecule has 1 N–H and O–H groups in total. The Balaban J connectivity index is 1.89. The summed E-state index contributed by atoms with van der Waals surface area (Å²) < 4.78 is 6.52. The third kappa shape index (κ3) is 2.66. The number of benzene rings is 2. The Labute approximate surface area is 134 Å². The van der Waals surface area contributed by atoms with Gasteiger partial charge in [-0.3, -0.25) is 4.79 Å². The fraction of sp³-hybridized carbons (Fsp3) is 0. The van der Waals surface area contributed by atoms with Crippen molar-refractivity contribution in [2.24, 2.45) is 0 Å². The zero-order chi connectivity index (χ0) is 14.1. The van der Waals surface area contributed by atoms with E-state index in [9.17, 15) is 4.79 Å². The minimum Gasteiger partial charge on any atom is -0.451 e. The van der Waals surface area contributed by atoms with Crippen molar-refractivity contribution in [1.29, 1.82) is 0 Å². The van der Waals surface area contributed by atoms with E-state index in [1.54, 1.807) is 18.2 Å². The number of furan rings is 1. The summed E-state index contributed by atoms with van der Waals surface area (Å²) >= 11 is 8.25. The minimum atomic E-state index is -0.315. The molecule has 3 nitrogen and oxygen atoms in total. The van der Waals surface area contributed by atoms with Crippen LogP contribution in [0.5, 0.6) is 0 Å². The zero-order valence-electron chi connectivity index (χ0n) is 10.2. The summed E-state index contributed by atoms with van der Waals surface area (Å²) in [5, 5.41) is 4.14. The van der Waals surface area contributed by atoms with Crippen LogP contribution in [0.1, 0.15) is 10.6 Å². The lowest BCUT2D eigenvalue weighted by molar-refractivity contribution is 0.0998. The summed E-state index contributed by atoms with van der Waals surface area (Å²) in [6.45, 7) is 0. The molecule has 0 radical (unpaired) electrons. The number of hydrogen-bond donors (Lipinski definition) is 1. The summed E-state index contributed by atoms with van der Waals surface area (Å²) in [5.74, 6) is -0.0508. The van der Waals surface area contributed by atoms with E-state index in [-0.39, 0.29) is 11.7 Å². The first-order valence-corrected chi connectivity index (χ1v) is 7.34. The first kappa shape index (κ1) is 13.5. The number of para-hydroxylation sites is 1. The Bertz CT molecular complexity index is 764. The second-order valence-corrected chi connectivity index (χ2v) is 5.88. The normalized spacial score (nSPS) is 10.7. The van der Waals surface area contributed by atoms with Crippen molar-refractivity contribution in [3.8, 4) is 0 Å². The van der Waals surface area contributed by atoms with Gasteiger partial charge in [0.25, 0.3) is 5.91 Å². The van der Waals surface area contributed by atoms with Crippen molar-refractivity contribution in [2.75, 3.05) is 5.32 Å². The molecule has 1 aromatic heterocycles. The monoisotopic (exact) mass is 397 g/mol. The molecule has 0 spiro atoms. The highest BCUT2D eigenvalue weighted by Crippen LogP contribution is 2.25. The van der Waals surface area contributed by atoms with Crippen molar-refractivity contribution in [2.45, 2.75) is 0 Å². The number of nitrogens with one attached hydrogen (secondary N) is 1. The molecule has 0 saturated carbocycles. The lowest BCUT2D eigenvalue weighted by atomic mass is 10.2. The van der Waals surface area contributed by atoms with Crippen molar-refractivity contribution >= 4 is 56.8 Å². The molecule has 2 aromatic carbocycles. The molecule has 0 saturated heterocycles. The average molecular weight is 398 g/mol. The quantitative estimate of drug-likeness (QED) is 0.622. The van der Waals surface area contributed by atoms with Gasteiger partial charge in [-0.25, -0.2) is 0 Å². The van der Waals surface area contributed by atoms with Gasteiger partial charge in [-0.05, 0) is 52.9 Å². The molecule has 3 rings (SSSR count). The number of carbonyl (C=O) groups excluding carboxylic acids is 1. The number of fused-ring (bicyclic) bond motifs is 1. The van der Waals surface area contributed by atoms with Crippen molar-refractivity contribution < 1.29 is 9.21 Å². The molecule has 0 atom stereocenters. The molecule has 1 heterocycles. The predicted molar refractivity (Wildman–Crippen MR) is 88.3 cm³/mol. The number of halogens is 2. The van der Waals surface area contributed by atoms with E-state index in [0.717, 1.165) is 8.96 Å². The lowest BCUT2D eigenvalue weighted by Crippen LogP contribution is -2.11. The summed E-state index contributed by atoms with van der Waals surface area (Å²) in [5.41, 5.74) is 1.25. The molecular weight excluding hydrogens is 389 g/mol. The Kier molecular flexibility index (Phi) is 3.67. The number of rotatable bonds is 2. The van der Waals surface area contributed by atoms with E-state index in [0.29, 0.717) is 16.3 Å². The molecular formula is C15H9ClINO2. The van der Waals surface area contributed by atoms with E-state index in [1.807, 2.05) is 30.3 Å². The average Bonchev–Trinajstić information content (AvgIpc) is 2.86. The standard InChI is InChI=1S/C15H9ClINO2/c16-11-8-10(17)5-6-12(11)18-15(19)14-7-9-3-1-2-4-13(9)20-14/h1-8H,(H,18,19). The van der Waals surface area contributed by atoms with E-state index in [2.05, 4.69) is 27.9 Å². The maximum Gasteiger partial charge on any atom is 0.291 e. The van der Waals surface area contributed by atoms with Crippen molar-refractivity contribution in [3.05, 3.63) is 62.9 Å². The number of amides is 1. The minimum absolute atomic E-state index is 0.265. The van der Waals surface area contributed by atoms with Gasteiger partial charge in [0.15, 0.2) is 5.76 Å². The van der Waals surface area contributed by atoms with Crippen molar-refractivity contribution in [1.82, 2.24) is 0 Å². The largest absolute Gasteiger partial charge is 0.451 e. The highest BCUT2D eigenvalue weighted by molar-refractivity contribution is 14.1. The molecule has 0 aliphatic rings. The third-order valence-electron chi connectivity index (χ3n) is 2.83. The molecule has 0 bridgehead atoms. The number of anilines is 1. The smallest absolute Gasteiger partial charge is 0.291 e. The molecule has 0 aliphatic carbocycles. The second-order valence-electron chi connectivity index (χ2n) is 4.23. The van der Waals surface area contributed by atoms with Crippen molar-refractivity contribution in [3.63, 3.8) is 0 Å². The van der Waals surface area contributed by atoms with Gasteiger partial charge in [0.2, 0.25) is 0 Å². The summed E-state index contributed by atoms with van der Waals surface area (Å²) in [6, 6.07) is 14.6. The first-order valence-electron chi connectivity index (χ1n) is 5.88. The van der Waals surface area contributed by atoms with Gasteiger partial charge in [0.1, 0.15) is 5.58 Å². The molecule has 0 unspecified atom stereocenters. The highest BCUT2D eigenvalue weighted by atomic mass is 127. The van der Waals surface area contributed by atoms with E-state index in [4.69, 9.17) is 16.0 Å². The Hall–Kier alpha value is -1.53. The van der Waals surface area contributed by atoms with E-state index >= 15 is 0 Å². The Morgan fingerprint density at radius 1 is 1.15 bits per heavy atom.